The zero-order valence-corrected chi connectivity index (χ0v) is 14.1. The Balaban J connectivity index is 2.16. The van der Waals surface area contributed by atoms with E-state index in [0.29, 0.717) is 0 Å². The average Bonchev–Trinajstić information content (AvgIpc) is 2.80. The Labute approximate surface area is 137 Å². The van der Waals surface area contributed by atoms with Crippen molar-refractivity contribution in [2.24, 2.45) is 0 Å². The highest BCUT2D eigenvalue weighted by Gasteiger charge is 2.35. The molecule has 2 N–H and O–H groups in total. The molecular weight excluding hydrogens is 284 g/mol. The van der Waals surface area contributed by atoms with E-state index in [9.17, 15) is 4.79 Å². The van der Waals surface area contributed by atoms with Crippen molar-refractivity contribution < 1.29 is 4.79 Å². The van der Waals surface area contributed by atoms with E-state index in [-0.39, 0.29) is 11.4 Å². The van der Waals surface area contributed by atoms with Crippen LogP contribution in [0.5, 0.6) is 0 Å². The van der Waals surface area contributed by atoms with Gasteiger partial charge in [-0.15, -0.1) is 0 Å². The van der Waals surface area contributed by atoms with Crippen LogP contribution in [0, 0.1) is 0 Å². The number of rotatable bonds is 4. The van der Waals surface area contributed by atoms with Crippen LogP contribution < -0.4 is 10.9 Å². The molecule has 1 fully saturated rings. The quantitative estimate of drug-likeness (QED) is 0.839. The molecule has 1 saturated heterocycles. The largest absolute Gasteiger partial charge is 0.287 e. The first-order valence-electron chi connectivity index (χ1n) is 8.33. The second-order valence-electron chi connectivity index (χ2n) is 6.73. The Morgan fingerprint density at radius 2 is 1.87 bits per heavy atom. The summed E-state index contributed by atoms with van der Waals surface area (Å²) in [5.41, 5.74) is 8.66. The molecule has 0 atom stereocenters. The van der Waals surface area contributed by atoms with Crippen LogP contribution in [-0.4, -0.2) is 11.4 Å². The molecule has 0 bridgehead atoms. The summed E-state index contributed by atoms with van der Waals surface area (Å²) in [6.45, 7) is 6.24. The highest BCUT2D eigenvalue weighted by Crippen LogP contribution is 2.29. The summed E-state index contributed by atoms with van der Waals surface area (Å²) >= 11 is 0. The van der Waals surface area contributed by atoms with Crippen molar-refractivity contribution in [1.29, 1.82) is 0 Å². The minimum absolute atomic E-state index is 0.0435. The minimum atomic E-state index is -0.363. The number of unbranched alkanes of at least 4 members (excludes halogenated alkanes) is 1. The molecule has 1 aliphatic rings. The molecule has 2 aromatic carbocycles. The van der Waals surface area contributed by atoms with Crippen molar-refractivity contribution in [3.8, 4) is 0 Å². The molecule has 23 heavy (non-hydrogen) atoms. The number of carbonyl (C=O) groups is 1. The molecule has 1 amide bonds. The van der Waals surface area contributed by atoms with Gasteiger partial charge in [0.2, 0.25) is 0 Å². The fourth-order valence-electron chi connectivity index (χ4n) is 3.18. The number of aryl methyl sites for hydroxylation is 1. The number of amides is 1. The molecule has 3 rings (SSSR count). The fraction of sp³-hybridized carbons (Fsp3) is 0.350. The Hall–Kier alpha value is -2.13. The highest BCUT2D eigenvalue weighted by molar-refractivity contribution is 6.04. The molecule has 1 aliphatic heterocycles. The molecule has 0 radical (unpaired) electrons. The van der Waals surface area contributed by atoms with Crippen LogP contribution in [0.2, 0.25) is 0 Å². The molecule has 0 unspecified atom stereocenters. The van der Waals surface area contributed by atoms with Gasteiger partial charge >= 0.3 is 0 Å². The number of fused-ring (bicyclic) bond motifs is 1. The summed E-state index contributed by atoms with van der Waals surface area (Å²) in [4.78, 5) is 12.1. The Kier molecular flexibility index (Phi) is 4.22. The van der Waals surface area contributed by atoms with Crippen molar-refractivity contribution in [3.63, 3.8) is 0 Å². The summed E-state index contributed by atoms with van der Waals surface area (Å²) in [6.07, 6.45) is 5.46. The molecule has 3 nitrogen and oxygen atoms in total. The van der Waals surface area contributed by atoms with E-state index in [1.54, 1.807) is 0 Å². The molecule has 0 saturated carbocycles. The van der Waals surface area contributed by atoms with E-state index in [1.165, 1.54) is 29.2 Å². The third-order valence-corrected chi connectivity index (χ3v) is 4.53. The Morgan fingerprint density at radius 1 is 1.13 bits per heavy atom. The van der Waals surface area contributed by atoms with Crippen molar-refractivity contribution in [1.82, 2.24) is 10.9 Å². The van der Waals surface area contributed by atoms with Gasteiger partial charge in [0.25, 0.3) is 5.91 Å². The maximum absolute atomic E-state index is 12.1. The van der Waals surface area contributed by atoms with Gasteiger partial charge in [0.1, 0.15) is 0 Å². The maximum atomic E-state index is 12.1. The fourth-order valence-corrected chi connectivity index (χ4v) is 3.18. The number of hydrazine groups is 1. The van der Waals surface area contributed by atoms with E-state index >= 15 is 0 Å². The van der Waals surface area contributed by atoms with Gasteiger partial charge in [-0.25, -0.2) is 5.43 Å². The molecule has 2 aromatic rings. The summed E-state index contributed by atoms with van der Waals surface area (Å²) in [7, 11) is 0. The molecule has 1 heterocycles. The number of hydrogen-bond donors (Lipinski definition) is 2. The number of hydrogen-bond acceptors (Lipinski definition) is 2. The third kappa shape index (κ3) is 3.02. The van der Waals surface area contributed by atoms with Gasteiger partial charge in [-0.05, 0) is 54.7 Å². The zero-order valence-electron chi connectivity index (χ0n) is 14.1. The standard InChI is InChI=1S/C20H24N2O/c1-4-5-8-14-9-6-10-15-11-7-12-16(18(14)15)13-17-19(23)21-22-20(17,2)3/h6-7,9-13,22H,4-5,8H2,1-3H3,(H,21,23)/b17-13+. The summed E-state index contributed by atoms with van der Waals surface area (Å²) in [6, 6.07) is 12.8. The predicted molar refractivity (Wildman–Crippen MR) is 95.9 cm³/mol. The van der Waals surface area contributed by atoms with Crippen molar-refractivity contribution in [2.75, 3.05) is 0 Å². The van der Waals surface area contributed by atoms with Crippen LogP contribution >= 0.6 is 0 Å². The maximum Gasteiger partial charge on any atom is 0.263 e. The second kappa shape index (κ2) is 6.17. The molecule has 0 aromatic heterocycles. The molecule has 3 heteroatoms. The van der Waals surface area contributed by atoms with Crippen molar-refractivity contribution in [2.45, 2.75) is 45.6 Å². The van der Waals surface area contributed by atoms with Gasteiger partial charge in [-0.2, -0.15) is 0 Å². The molecule has 0 aliphatic carbocycles. The zero-order chi connectivity index (χ0) is 16.4. The third-order valence-electron chi connectivity index (χ3n) is 4.53. The van der Waals surface area contributed by atoms with Gasteiger partial charge in [0, 0.05) is 5.57 Å². The van der Waals surface area contributed by atoms with E-state index in [0.717, 1.165) is 17.6 Å². The van der Waals surface area contributed by atoms with Crippen LogP contribution in [0.1, 0.15) is 44.7 Å². The van der Waals surface area contributed by atoms with Gasteiger partial charge in [0.15, 0.2) is 0 Å². The van der Waals surface area contributed by atoms with E-state index < -0.39 is 0 Å². The predicted octanol–water partition coefficient (Wildman–Crippen LogP) is 3.98. The summed E-state index contributed by atoms with van der Waals surface area (Å²) in [5, 5.41) is 2.50. The molecular formula is C20H24N2O. The summed E-state index contributed by atoms with van der Waals surface area (Å²) in [5.74, 6) is -0.0435. The number of carbonyl (C=O) groups excluding carboxylic acids is 1. The number of benzene rings is 2. The second-order valence-corrected chi connectivity index (χ2v) is 6.73. The van der Waals surface area contributed by atoms with E-state index in [4.69, 9.17) is 0 Å². The van der Waals surface area contributed by atoms with Gasteiger partial charge in [0.05, 0.1) is 5.54 Å². The van der Waals surface area contributed by atoms with Crippen LogP contribution in [0.25, 0.3) is 16.8 Å². The van der Waals surface area contributed by atoms with Crippen LogP contribution in [0.15, 0.2) is 42.0 Å². The lowest BCUT2D eigenvalue weighted by atomic mass is 9.90. The van der Waals surface area contributed by atoms with E-state index in [1.807, 2.05) is 19.9 Å². The number of nitrogens with one attached hydrogen (secondary N) is 2. The molecule has 0 spiro atoms. The lowest BCUT2D eigenvalue weighted by Crippen LogP contribution is -2.38. The first kappa shape index (κ1) is 15.8. The van der Waals surface area contributed by atoms with Crippen LogP contribution in [0.4, 0.5) is 0 Å². The lowest BCUT2D eigenvalue weighted by molar-refractivity contribution is -0.116. The van der Waals surface area contributed by atoms with Crippen LogP contribution in [0.3, 0.4) is 0 Å². The smallest absolute Gasteiger partial charge is 0.263 e. The van der Waals surface area contributed by atoms with Gasteiger partial charge in [-0.1, -0.05) is 49.7 Å². The summed E-state index contributed by atoms with van der Waals surface area (Å²) < 4.78 is 0. The minimum Gasteiger partial charge on any atom is -0.287 e. The highest BCUT2D eigenvalue weighted by atomic mass is 16.2. The first-order chi connectivity index (χ1) is 11.0. The Bertz CT molecular complexity index is 769. The normalized spacial score (nSPS) is 18.6. The monoisotopic (exact) mass is 308 g/mol. The first-order valence-corrected chi connectivity index (χ1v) is 8.33. The van der Waals surface area contributed by atoms with Gasteiger partial charge in [-0.3, -0.25) is 10.2 Å². The van der Waals surface area contributed by atoms with Crippen molar-refractivity contribution in [3.05, 3.63) is 53.1 Å². The van der Waals surface area contributed by atoms with Crippen molar-refractivity contribution >= 4 is 22.8 Å². The molecule has 120 valence electrons. The average molecular weight is 308 g/mol. The van der Waals surface area contributed by atoms with Crippen LogP contribution in [-0.2, 0) is 11.2 Å². The Morgan fingerprint density at radius 3 is 2.52 bits per heavy atom. The topological polar surface area (TPSA) is 41.1 Å². The van der Waals surface area contributed by atoms with Gasteiger partial charge < -0.3 is 0 Å². The van der Waals surface area contributed by atoms with E-state index in [2.05, 4.69) is 54.2 Å². The lowest BCUT2D eigenvalue weighted by Gasteiger charge is -2.17. The SMILES string of the molecule is CCCCc1cccc2cccc(/C=C3\C(=O)NNC3(C)C)c12.